The zero-order chi connectivity index (χ0) is 19.1. The molecule has 0 heterocycles. The van der Waals surface area contributed by atoms with Gasteiger partial charge in [0.2, 0.25) is 0 Å². The summed E-state index contributed by atoms with van der Waals surface area (Å²) in [5, 5.41) is 9.79. The van der Waals surface area contributed by atoms with Crippen molar-refractivity contribution >= 4 is 51.5 Å². The Balaban J connectivity index is 0.00000280. The lowest BCUT2D eigenvalue weighted by Gasteiger charge is -2.30. The van der Waals surface area contributed by atoms with E-state index in [1.165, 1.54) is 16.3 Å². The van der Waals surface area contributed by atoms with E-state index in [9.17, 15) is 4.21 Å². The van der Waals surface area contributed by atoms with Crippen molar-refractivity contribution in [3.05, 3.63) is 48.0 Å². The minimum atomic E-state index is -0.702. The highest BCUT2D eigenvalue weighted by Gasteiger charge is 2.26. The Labute approximate surface area is 188 Å². The number of aliphatic imine (C=N–C) groups is 1. The lowest BCUT2D eigenvalue weighted by atomic mass is 9.95. The molecular formula is C22H32IN3OS. The normalized spacial score (nSPS) is 21.0. The van der Waals surface area contributed by atoms with Gasteiger partial charge in [-0.1, -0.05) is 55.8 Å². The van der Waals surface area contributed by atoms with Gasteiger partial charge in [-0.25, -0.2) is 4.99 Å². The first-order valence-electron chi connectivity index (χ1n) is 10.1. The van der Waals surface area contributed by atoms with Crippen molar-refractivity contribution < 1.29 is 4.21 Å². The van der Waals surface area contributed by atoms with Crippen LogP contribution in [0.3, 0.4) is 0 Å². The van der Waals surface area contributed by atoms with Crippen molar-refractivity contribution in [1.82, 2.24) is 10.6 Å². The second-order valence-corrected chi connectivity index (χ2v) is 9.14. The highest BCUT2D eigenvalue weighted by molar-refractivity contribution is 14.0. The molecule has 3 rings (SSSR count). The Hall–Kier alpha value is -1.15. The van der Waals surface area contributed by atoms with Gasteiger partial charge in [-0.15, -0.1) is 24.0 Å². The molecule has 0 radical (unpaired) electrons. The van der Waals surface area contributed by atoms with Crippen LogP contribution in [0.25, 0.3) is 10.8 Å². The van der Waals surface area contributed by atoms with Crippen LogP contribution in [0.2, 0.25) is 0 Å². The molecular weight excluding hydrogens is 481 g/mol. The van der Waals surface area contributed by atoms with Gasteiger partial charge >= 0.3 is 0 Å². The molecule has 0 amide bonds. The van der Waals surface area contributed by atoms with Crippen LogP contribution in [0.4, 0.5) is 0 Å². The molecule has 3 atom stereocenters. The minimum Gasteiger partial charge on any atom is -0.357 e. The maximum atomic E-state index is 12.2. The first-order chi connectivity index (χ1) is 13.2. The molecule has 0 aromatic heterocycles. The zero-order valence-electron chi connectivity index (χ0n) is 16.8. The molecule has 154 valence electrons. The van der Waals surface area contributed by atoms with Gasteiger partial charge in [-0.05, 0) is 42.5 Å². The maximum absolute atomic E-state index is 12.2. The number of benzene rings is 2. The molecule has 4 nitrogen and oxygen atoms in total. The molecule has 6 heteroatoms. The number of fused-ring (bicyclic) bond motifs is 1. The van der Waals surface area contributed by atoms with E-state index in [-0.39, 0.29) is 24.0 Å². The van der Waals surface area contributed by atoms with E-state index < -0.39 is 10.8 Å². The van der Waals surface area contributed by atoms with Crippen LogP contribution in [-0.2, 0) is 17.3 Å². The van der Waals surface area contributed by atoms with Gasteiger partial charge in [-0.2, -0.15) is 0 Å². The fourth-order valence-electron chi connectivity index (χ4n) is 3.86. The number of guanidine groups is 1. The predicted molar refractivity (Wildman–Crippen MR) is 132 cm³/mol. The third-order valence-corrected chi connectivity index (χ3v) is 7.00. The average molecular weight is 513 g/mol. The third-order valence-electron chi connectivity index (χ3n) is 5.25. The van der Waals surface area contributed by atoms with E-state index in [4.69, 9.17) is 4.99 Å². The summed E-state index contributed by atoms with van der Waals surface area (Å²) in [4.78, 5) is 4.84. The fourth-order valence-corrected chi connectivity index (χ4v) is 5.21. The highest BCUT2D eigenvalue weighted by Crippen LogP contribution is 2.23. The average Bonchev–Trinajstić information content (AvgIpc) is 2.71. The predicted octanol–water partition coefficient (Wildman–Crippen LogP) is 4.59. The van der Waals surface area contributed by atoms with E-state index in [0.29, 0.717) is 17.8 Å². The number of hydrogen-bond donors (Lipinski definition) is 2. The largest absolute Gasteiger partial charge is 0.357 e. The summed E-state index contributed by atoms with van der Waals surface area (Å²) < 4.78 is 12.2. The Bertz CT molecular complexity index is 806. The summed E-state index contributed by atoms with van der Waals surface area (Å²) in [6.07, 6.45) is 4.31. The van der Waals surface area contributed by atoms with E-state index in [0.717, 1.165) is 43.9 Å². The van der Waals surface area contributed by atoms with Gasteiger partial charge < -0.3 is 10.6 Å². The molecule has 2 N–H and O–H groups in total. The topological polar surface area (TPSA) is 53.5 Å². The summed E-state index contributed by atoms with van der Waals surface area (Å²) in [7, 11) is -0.702. The van der Waals surface area contributed by atoms with Crippen LogP contribution in [0, 0.1) is 0 Å². The van der Waals surface area contributed by atoms with Crippen molar-refractivity contribution in [2.75, 3.05) is 12.3 Å². The van der Waals surface area contributed by atoms with Crippen LogP contribution in [-0.4, -0.2) is 33.8 Å². The summed E-state index contributed by atoms with van der Waals surface area (Å²) in [6, 6.07) is 15.2. The monoisotopic (exact) mass is 513 g/mol. The van der Waals surface area contributed by atoms with Gasteiger partial charge in [0, 0.05) is 34.4 Å². The lowest BCUT2D eigenvalue weighted by Crippen LogP contribution is -2.46. The van der Waals surface area contributed by atoms with Crippen molar-refractivity contribution in [2.24, 2.45) is 4.99 Å². The molecule has 1 aliphatic carbocycles. The number of nitrogens with one attached hydrogen (secondary N) is 2. The smallest absolute Gasteiger partial charge is 0.191 e. The number of halogens is 1. The second-order valence-electron chi connectivity index (χ2n) is 7.13. The fraction of sp³-hybridized carbons (Fsp3) is 0.500. The number of nitrogens with zero attached hydrogens (tertiary/aromatic N) is 1. The molecule has 3 unspecified atom stereocenters. The zero-order valence-corrected chi connectivity index (χ0v) is 20.0. The van der Waals surface area contributed by atoms with Crippen LogP contribution in [0.15, 0.2) is 47.5 Å². The molecule has 0 spiro atoms. The van der Waals surface area contributed by atoms with E-state index >= 15 is 0 Å². The first kappa shape index (κ1) is 23.1. The van der Waals surface area contributed by atoms with Gasteiger partial charge in [0.05, 0.1) is 6.54 Å². The van der Waals surface area contributed by atoms with Crippen molar-refractivity contribution in [3.8, 4) is 0 Å². The maximum Gasteiger partial charge on any atom is 0.191 e. The quantitative estimate of drug-likeness (QED) is 0.338. The van der Waals surface area contributed by atoms with Crippen molar-refractivity contribution in [1.29, 1.82) is 0 Å². The molecule has 1 aliphatic rings. The van der Waals surface area contributed by atoms with Crippen molar-refractivity contribution in [3.63, 3.8) is 0 Å². The second kappa shape index (κ2) is 11.8. The SMILES string of the molecule is CCNC(=NCc1cccc2ccccc12)NC1CCCC(S(=O)CC)C1.I. The van der Waals surface area contributed by atoms with E-state index in [1.54, 1.807) is 0 Å². The van der Waals surface area contributed by atoms with Crippen molar-refractivity contribution in [2.45, 2.75) is 57.4 Å². The van der Waals surface area contributed by atoms with Crippen LogP contribution >= 0.6 is 24.0 Å². The highest BCUT2D eigenvalue weighted by atomic mass is 127. The third kappa shape index (κ3) is 6.17. The molecule has 2 aromatic rings. The Morgan fingerprint density at radius 3 is 2.71 bits per heavy atom. The van der Waals surface area contributed by atoms with E-state index in [1.807, 2.05) is 6.92 Å². The molecule has 2 aromatic carbocycles. The minimum absolute atomic E-state index is 0. The Kier molecular flexibility index (Phi) is 9.71. The van der Waals surface area contributed by atoms with Crippen LogP contribution in [0.5, 0.6) is 0 Å². The van der Waals surface area contributed by atoms with Gasteiger partial charge in [0.15, 0.2) is 5.96 Å². The molecule has 1 saturated carbocycles. The number of rotatable bonds is 6. The van der Waals surface area contributed by atoms with Crippen LogP contribution in [0.1, 0.15) is 45.1 Å². The summed E-state index contributed by atoms with van der Waals surface area (Å²) in [5.41, 5.74) is 1.24. The first-order valence-corrected chi connectivity index (χ1v) is 11.5. The van der Waals surface area contributed by atoms with Gasteiger partial charge in [0.25, 0.3) is 0 Å². The molecule has 28 heavy (non-hydrogen) atoms. The van der Waals surface area contributed by atoms with E-state index in [2.05, 4.69) is 60.0 Å². The molecule has 0 saturated heterocycles. The Morgan fingerprint density at radius 2 is 1.93 bits per heavy atom. The lowest BCUT2D eigenvalue weighted by molar-refractivity contribution is 0.413. The molecule has 0 bridgehead atoms. The summed E-state index contributed by atoms with van der Waals surface area (Å²) >= 11 is 0. The van der Waals surface area contributed by atoms with Gasteiger partial charge in [0.1, 0.15) is 0 Å². The Morgan fingerprint density at radius 1 is 1.14 bits per heavy atom. The summed E-state index contributed by atoms with van der Waals surface area (Å²) in [5.74, 6) is 1.62. The molecule has 0 aliphatic heterocycles. The number of hydrogen-bond acceptors (Lipinski definition) is 2. The van der Waals surface area contributed by atoms with Gasteiger partial charge in [-0.3, -0.25) is 4.21 Å². The standard InChI is InChI=1S/C22H31N3OS.HI/c1-3-23-22(25-19-12-8-13-20(15-19)27(26)4-2)24-16-18-11-7-10-17-9-5-6-14-21(17)18;/h5-7,9-11,14,19-20H,3-4,8,12-13,15-16H2,1-2H3,(H2,23,24,25);1H. The van der Waals surface area contributed by atoms with Crippen LogP contribution < -0.4 is 10.6 Å². The summed E-state index contributed by atoms with van der Waals surface area (Å²) in [6.45, 7) is 5.58. The molecule has 1 fully saturated rings.